The molecule has 0 saturated carbocycles. The van der Waals surface area contributed by atoms with Crippen LogP contribution < -0.4 is 0 Å². The highest BCUT2D eigenvalue weighted by Crippen LogP contribution is 2.18. The first-order valence-electron chi connectivity index (χ1n) is 6.70. The van der Waals surface area contributed by atoms with Crippen molar-refractivity contribution in [1.82, 2.24) is 0 Å². The number of hydrogen-bond acceptors (Lipinski definition) is 4. The van der Waals surface area contributed by atoms with Crippen LogP contribution in [0.5, 0.6) is 0 Å². The maximum Gasteiger partial charge on any atom is 0.531 e. The first kappa shape index (κ1) is 17.1. The Bertz CT molecular complexity index is 161. The van der Waals surface area contributed by atoms with Crippen LogP contribution >= 0.6 is 0 Å². The quantitative estimate of drug-likeness (QED) is 0.425. The topological polar surface area (TPSA) is 36.9 Å². The van der Waals surface area contributed by atoms with Crippen molar-refractivity contribution in [2.75, 3.05) is 26.4 Å². The van der Waals surface area contributed by atoms with Gasteiger partial charge >= 0.3 is 8.80 Å². The van der Waals surface area contributed by atoms with Crippen LogP contribution in [0.4, 0.5) is 0 Å². The molecule has 0 amide bonds. The highest BCUT2D eigenvalue weighted by molar-refractivity contribution is 6.62. The van der Waals surface area contributed by atoms with E-state index in [4.69, 9.17) is 18.0 Å². The molecule has 5 heteroatoms. The van der Waals surface area contributed by atoms with E-state index in [0.29, 0.717) is 19.8 Å². The van der Waals surface area contributed by atoms with E-state index in [-0.39, 0.29) is 5.73 Å². The Morgan fingerprint density at radius 2 is 1.35 bits per heavy atom. The first-order chi connectivity index (χ1) is 8.16. The Morgan fingerprint density at radius 3 is 1.71 bits per heavy atom. The van der Waals surface area contributed by atoms with Crippen LogP contribution in [0.1, 0.15) is 47.5 Å². The molecular weight excluding hydrogens is 236 g/mol. The van der Waals surface area contributed by atoms with Crippen molar-refractivity contribution in [2.24, 2.45) is 0 Å². The monoisotopic (exact) mass is 264 g/mol. The van der Waals surface area contributed by atoms with Gasteiger partial charge in [0.05, 0.1) is 0 Å². The van der Waals surface area contributed by atoms with Crippen LogP contribution in [-0.2, 0) is 18.0 Å². The molecule has 0 aromatic carbocycles. The molecule has 0 aliphatic rings. The zero-order chi connectivity index (χ0) is 13.1. The summed E-state index contributed by atoms with van der Waals surface area (Å²) in [6, 6.07) is 0. The zero-order valence-electron chi connectivity index (χ0n) is 12.0. The summed E-state index contributed by atoms with van der Waals surface area (Å²) in [5, 5.41) is 0. The van der Waals surface area contributed by atoms with E-state index in [9.17, 15) is 0 Å². The van der Waals surface area contributed by atoms with Crippen LogP contribution in [0.15, 0.2) is 0 Å². The standard InChI is InChI=1S/C12H28O4Si/c1-6-10-11-13-12(5)17(14-7-2,15-8-3)16-9-4/h12H,6-11H2,1-5H3. The molecule has 0 heterocycles. The van der Waals surface area contributed by atoms with E-state index < -0.39 is 8.80 Å². The summed E-state index contributed by atoms with van der Waals surface area (Å²) < 4.78 is 23.1. The number of unbranched alkanes of at least 4 members (excludes halogenated alkanes) is 1. The van der Waals surface area contributed by atoms with Crippen molar-refractivity contribution < 1.29 is 18.0 Å². The van der Waals surface area contributed by atoms with Crippen LogP contribution in [0.3, 0.4) is 0 Å². The highest BCUT2D eigenvalue weighted by atomic mass is 28.4. The van der Waals surface area contributed by atoms with Gasteiger partial charge in [0.15, 0.2) is 0 Å². The summed E-state index contributed by atoms with van der Waals surface area (Å²) in [7, 11) is -2.67. The van der Waals surface area contributed by atoms with Crippen LogP contribution in [-0.4, -0.2) is 41.0 Å². The molecule has 1 atom stereocenters. The molecule has 0 aliphatic carbocycles. The molecule has 4 nitrogen and oxygen atoms in total. The van der Waals surface area contributed by atoms with Crippen molar-refractivity contribution in [2.45, 2.75) is 53.2 Å². The molecular formula is C12H28O4Si. The minimum atomic E-state index is -2.67. The lowest BCUT2D eigenvalue weighted by Crippen LogP contribution is -2.56. The minimum Gasteiger partial charge on any atom is -0.374 e. The van der Waals surface area contributed by atoms with Crippen molar-refractivity contribution in [3.05, 3.63) is 0 Å². The summed E-state index contributed by atoms with van der Waals surface area (Å²) in [5.74, 6) is 0. The predicted molar refractivity (Wildman–Crippen MR) is 71.0 cm³/mol. The third kappa shape index (κ3) is 5.97. The molecule has 0 radical (unpaired) electrons. The molecule has 0 N–H and O–H groups in total. The van der Waals surface area contributed by atoms with Gasteiger partial charge in [-0.05, 0) is 34.1 Å². The maximum atomic E-state index is 5.79. The molecule has 0 bridgehead atoms. The molecule has 1 unspecified atom stereocenters. The van der Waals surface area contributed by atoms with E-state index in [1.54, 1.807) is 0 Å². The molecule has 17 heavy (non-hydrogen) atoms. The average molecular weight is 264 g/mol. The Labute approximate surface area is 107 Å². The Hall–Kier alpha value is 0.0569. The fraction of sp³-hybridized carbons (Fsp3) is 1.00. The second-order valence-electron chi connectivity index (χ2n) is 3.77. The lowest BCUT2D eigenvalue weighted by molar-refractivity contribution is -0.00406. The molecule has 0 rings (SSSR count). The maximum absolute atomic E-state index is 5.79. The summed E-state index contributed by atoms with van der Waals surface area (Å²) in [4.78, 5) is 0. The minimum absolute atomic E-state index is 0.103. The third-order valence-corrected chi connectivity index (χ3v) is 5.64. The average Bonchev–Trinajstić information content (AvgIpc) is 2.30. The molecule has 0 saturated heterocycles. The molecule has 0 aliphatic heterocycles. The molecule has 104 valence electrons. The largest absolute Gasteiger partial charge is 0.531 e. The molecule has 0 aromatic rings. The van der Waals surface area contributed by atoms with E-state index in [1.807, 2.05) is 27.7 Å². The van der Waals surface area contributed by atoms with Gasteiger partial charge in [0.1, 0.15) is 5.73 Å². The van der Waals surface area contributed by atoms with E-state index in [1.165, 1.54) is 0 Å². The first-order valence-corrected chi connectivity index (χ1v) is 8.50. The lowest BCUT2D eigenvalue weighted by Gasteiger charge is -2.33. The normalized spacial score (nSPS) is 13.9. The van der Waals surface area contributed by atoms with Gasteiger partial charge in [0.2, 0.25) is 0 Å². The van der Waals surface area contributed by atoms with Gasteiger partial charge in [0.25, 0.3) is 0 Å². The highest BCUT2D eigenvalue weighted by Gasteiger charge is 2.47. The fourth-order valence-electron chi connectivity index (χ4n) is 1.59. The second kappa shape index (κ2) is 10.0. The van der Waals surface area contributed by atoms with Crippen molar-refractivity contribution in [3.8, 4) is 0 Å². The van der Waals surface area contributed by atoms with Gasteiger partial charge in [-0.15, -0.1) is 0 Å². The van der Waals surface area contributed by atoms with Crippen molar-refractivity contribution in [3.63, 3.8) is 0 Å². The summed E-state index contributed by atoms with van der Waals surface area (Å²) in [6.07, 6.45) is 2.18. The number of hydrogen-bond donors (Lipinski definition) is 0. The summed E-state index contributed by atoms with van der Waals surface area (Å²) in [5.41, 5.74) is -0.103. The smallest absolute Gasteiger partial charge is 0.374 e. The van der Waals surface area contributed by atoms with Crippen molar-refractivity contribution >= 4 is 8.80 Å². The van der Waals surface area contributed by atoms with Gasteiger partial charge in [-0.2, -0.15) is 0 Å². The Kier molecular flexibility index (Phi) is 10.1. The third-order valence-electron chi connectivity index (χ3n) is 2.40. The Balaban J connectivity index is 4.48. The Morgan fingerprint density at radius 1 is 0.882 bits per heavy atom. The SMILES string of the molecule is CCCCOC(C)[Si](OCC)(OCC)OCC. The van der Waals surface area contributed by atoms with Gasteiger partial charge < -0.3 is 18.0 Å². The van der Waals surface area contributed by atoms with Gasteiger partial charge in [0, 0.05) is 26.4 Å². The summed E-state index contributed by atoms with van der Waals surface area (Å²) in [6.45, 7) is 12.5. The van der Waals surface area contributed by atoms with Gasteiger partial charge in [-0.3, -0.25) is 0 Å². The zero-order valence-corrected chi connectivity index (χ0v) is 13.0. The number of rotatable bonds is 11. The number of ether oxygens (including phenoxy) is 1. The van der Waals surface area contributed by atoms with E-state index >= 15 is 0 Å². The van der Waals surface area contributed by atoms with Crippen LogP contribution in [0, 0.1) is 0 Å². The van der Waals surface area contributed by atoms with Gasteiger partial charge in [-0.1, -0.05) is 13.3 Å². The molecule has 0 fully saturated rings. The molecule has 0 spiro atoms. The lowest BCUT2D eigenvalue weighted by atomic mass is 10.4. The van der Waals surface area contributed by atoms with E-state index in [2.05, 4.69) is 6.92 Å². The molecule has 0 aromatic heterocycles. The van der Waals surface area contributed by atoms with Crippen molar-refractivity contribution in [1.29, 1.82) is 0 Å². The predicted octanol–water partition coefficient (Wildman–Crippen LogP) is 2.78. The van der Waals surface area contributed by atoms with Gasteiger partial charge in [-0.25, -0.2) is 0 Å². The van der Waals surface area contributed by atoms with Crippen LogP contribution in [0.2, 0.25) is 0 Å². The summed E-state index contributed by atoms with van der Waals surface area (Å²) >= 11 is 0. The van der Waals surface area contributed by atoms with E-state index in [0.717, 1.165) is 19.4 Å². The fourth-order valence-corrected chi connectivity index (χ4v) is 4.07. The second-order valence-corrected chi connectivity index (χ2v) is 6.66. The van der Waals surface area contributed by atoms with Crippen LogP contribution in [0.25, 0.3) is 0 Å².